The van der Waals surface area contributed by atoms with E-state index in [0.717, 1.165) is 5.56 Å². The maximum absolute atomic E-state index is 10.6. The number of aliphatic hydroxyl groups excluding tert-OH is 1. The summed E-state index contributed by atoms with van der Waals surface area (Å²) in [5, 5.41) is 19.6. The Kier molecular flexibility index (Phi) is 6.60. The van der Waals surface area contributed by atoms with Crippen LogP contribution in [-0.2, 0) is 12.6 Å². The van der Waals surface area contributed by atoms with Crippen molar-refractivity contribution in [3.63, 3.8) is 0 Å². The molecule has 2 atom stereocenters. The topological polar surface area (TPSA) is 56.5 Å². The van der Waals surface area contributed by atoms with Crippen LogP contribution in [0.4, 0.5) is 0 Å². The molecule has 21 heavy (non-hydrogen) atoms. The van der Waals surface area contributed by atoms with Crippen molar-refractivity contribution in [2.75, 3.05) is 7.05 Å². The number of rotatable bonds is 1. The summed E-state index contributed by atoms with van der Waals surface area (Å²) in [6, 6.07) is 6.81. The third-order valence-electron chi connectivity index (χ3n) is 3.55. The molecular weight excluding hydrogens is 331 g/mol. The minimum absolute atomic E-state index is 0. The fourth-order valence-electron chi connectivity index (χ4n) is 2.37. The van der Waals surface area contributed by atoms with E-state index in [4.69, 9.17) is 34.8 Å². The standard InChI is InChI=1S/C14H16N2O2S2.K/c1-14(2)12(17)11(16(3)13(19)20)9-6-8(7-15)4-5-10(9)18-14;/h4-6,11-12,17H,1-3H3,(H,19,20);/q;+1/p-1. The summed E-state index contributed by atoms with van der Waals surface area (Å²) in [7, 11) is 1.74. The molecule has 0 spiro atoms. The maximum atomic E-state index is 10.6. The average Bonchev–Trinajstić information content (AvgIpc) is 2.38. The summed E-state index contributed by atoms with van der Waals surface area (Å²) in [6.07, 6.45) is -0.810. The van der Waals surface area contributed by atoms with Gasteiger partial charge >= 0.3 is 51.4 Å². The summed E-state index contributed by atoms with van der Waals surface area (Å²) in [5.41, 5.74) is 0.471. The number of nitriles is 1. The van der Waals surface area contributed by atoms with Crippen LogP contribution in [0.15, 0.2) is 18.2 Å². The Morgan fingerprint density at radius 1 is 1.52 bits per heavy atom. The molecule has 2 unspecified atom stereocenters. The molecule has 0 saturated heterocycles. The zero-order valence-electron chi connectivity index (χ0n) is 12.5. The van der Waals surface area contributed by atoms with Crippen molar-refractivity contribution in [1.82, 2.24) is 4.90 Å². The molecule has 0 radical (unpaired) electrons. The number of likely N-dealkylation sites (N-methyl/N-ethyl adjacent to an activating group) is 1. The Hall–Kier alpha value is 0.216. The zero-order chi connectivity index (χ0) is 15.1. The molecule has 0 amide bonds. The molecule has 1 aromatic rings. The molecule has 0 aromatic heterocycles. The smallest absolute Gasteiger partial charge is 0.485 e. The van der Waals surface area contributed by atoms with E-state index in [2.05, 4.69) is 6.07 Å². The van der Waals surface area contributed by atoms with Crippen LogP contribution in [0.25, 0.3) is 0 Å². The fraction of sp³-hybridized carbons (Fsp3) is 0.429. The molecular formula is C14H15KN2O2S2. The molecule has 1 aliphatic heterocycles. The first-order valence-electron chi connectivity index (χ1n) is 6.13. The minimum Gasteiger partial charge on any atom is -0.485 e. The van der Waals surface area contributed by atoms with Gasteiger partial charge in [0, 0.05) is 12.6 Å². The molecule has 1 aliphatic rings. The molecule has 7 heteroatoms. The van der Waals surface area contributed by atoms with E-state index < -0.39 is 17.7 Å². The summed E-state index contributed by atoms with van der Waals surface area (Å²) < 4.78 is 6.09. The number of thiocarbonyl (C=S) groups is 1. The molecule has 0 bridgehead atoms. The van der Waals surface area contributed by atoms with E-state index >= 15 is 0 Å². The molecule has 0 saturated carbocycles. The van der Waals surface area contributed by atoms with Crippen molar-refractivity contribution < 1.29 is 61.2 Å². The predicted octanol–water partition coefficient (Wildman–Crippen LogP) is -1.10. The van der Waals surface area contributed by atoms with Gasteiger partial charge in [-0.05, 0) is 32.0 Å². The van der Waals surface area contributed by atoms with Gasteiger partial charge in [-0.15, -0.1) is 0 Å². The van der Waals surface area contributed by atoms with E-state index in [1.807, 2.05) is 13.8 Å². The number of fused-ring (bicyclic) bond motifs is 1. The average molecular weight is 347 g/mol. The molecule has 0 fully saturated rings. The second-order valence-electron chi connectivity index (χ2n) is 5.34. The van der Waals surface area contributed by atoms with Crippen LogP contribution in [0.2, 0.25) is 0 Å². The zero-order valence-corrected chi connectivity index (χ0v) is 17.2. The Bertz CT molecular complexity index is 601. The first kappa shape index (κ1) is 19.3. The van der Waals surface area contributed by atoms with E-state index in [-0.39, 0.29) is 55.7 Å². The molecule has 106 valence electrons. The van der Waals surface area contributed by atoms with Crippen LogP contribution in [0.1, 0.15) is 31.0 Å². The van der Waals surface area contributed by atoms with Crippen LogP contribution in [0.3, 0.4) is 0 Å². The van der Waals surface area contributed by atoms with Gasteiger partial charge in [0.25, 0.3) is 0 Å². The first-order chi connectivity index (χ1) is 9.27. The summed E-state index contributed by atoms with van der Waals surface area (Å²) in [5.74, 6) is 0.641. The van der Waals surface area contributed by atoms with Crippen LogP contribution in [-0.4, -0.2) is 33.1 Å². The summed E-state index contributed by atoms with van der Waals surface area (Å²) in [4.78, 5) is 1.67. The van der Waals surface area contributed by atoms with E-state index in [0.29, 0.717) is 11.3 Å². The number of benzene rings is 1. The van der Waals surface area contributed by atoms with Crippen molar-refractivity contribution in [3.05, 3.63) is 29.3 Å². The third-order valence-corrected chi connectivity index (χ3v) is 4.12. The Morgan fingerprint density at radius 2 is 2.14 bits per heavy atom. The van der Waals surface area contributed by atoms with Gasteiger partial charge in [-0.25, -0.2) is 0 Å². The maximum Gasteiger partial charge on any atom is 1.00 e. The van der Waals surface area contributed by atoms with Gasteiger partial charge in [-0.2, -0.15) is 5.26 Å². The Morgan fingerprint density at radius 3 is 2.67 bits per heavy atom. The van der Waals surface area contributed by atoms with Crippen LogP contribution in [0.5, 0.6) is 5.75 Å². The Labute approximate surface area is 178 Å². The van der Waals surface area contributed by atoms with Crippen molar-refractivity contribution in [2.24, 2.45) is 0 Å². The monoisotopic (exact) mass is 346 g/mol. The molecule has 0 aliphatic carbocycles. The van der Waals surface area contributed by atoms with Gasteiger partial charge < -0.3 is 39.6 Å². The normalized spacial score (nSPS) is 22.0. The third kappa shape index (κ3) is 3.76. The summed E-state index contributed by atoms with van der Waals surface area (Å²) >= 11 is 10.1. The second kappa shape index (κ2) is 7.19. The fourth-order valence-corrected chi connectivity index (χ4v) is 2.60. The SMILES string of the molecule is CN(C(=S)[S-])C1c2cc(C#N)ccc2OC(C)(C)C1O.[K+]. The predicted molar refractivity (Wildman–Crippen MR) is 82.3 cm³/mol. The molecule has 1 N–H and O–H groups in total. The number of ether oxygens (including phenoxy) is 1. The minimum atomic E-state index is -0.810. The molecule has 2 rings (SSSR count). The quantitative estimate of drug-likeness (QED) is 0.396. The molecule has 1 aromatic carbocycles. The molecule has 1 heterocycles. The van der Waals surface area contributed by atoms with E-state index in [9.17, 15) is 5.11 Å². The van der Waals surface area contributed by atoms with Gasteiger partial charge in [-0.3, -0.25) is 0 Å². The van der Waals surface area contributed by atoms with E-state index in [1.165, 1.54) is 0 Å². The first-order valence-corrected chi connectivity index (χ1v) is 6.94. The number of hydrogen-bond acceptors (Lipinski definition) is 5. The number of nitrogens with zero attached hydrogens (tertiary/aromatic N) is 2. The van der Waals surface area contributed by atoms with Gasteiger partial charge in [0.15, 0.2) is 0 Å². The van der Waals surface area contributed by atoms with Gasteiger partial charge in [0.2, 0.25) is 0 Å². The number of aliphatic hydroxyl groups is 1. The molecule has 4 nitrogen and oxygen atoms in total. The Balaban J connectivity index is 0.00000220. The van der Waals surface area contributed by atoms with Crippen molar-refractivity contribution in [1.29, 1.82) is 5.26 Å². The van der Waals surface area contributed by atoms with Crippen molar-refractivity contribution in [3.8, 4) is 11.8 Å². The van der Waals surface area contributed by atoms with Gasteiger partial charge in [0.05, 0.1) is 17.7 Å². The van der Waals surface area contributed by atoms with Crippen LogP contribution in [0, 0.1) is 11.3 Å². The summed E-state index contributed by atoms with van der Waals surface area (Å²) in [6.45, 7) is 3.62. The van der Waals surface area contributed by atoms with Crippen LogP contribution >= 0.6 is 12.2 Å². The van der Waals surface area contributed by atoms with Crippen LogP contribution < -0.4 is 56.1 Å². The van der Waals surface area contributed by atoms with Gasteiger partial charge in [-0.1, -0.05) is 4.32 Å². The largest absolute Gasteiger partial charge is 1.00 e. The van der Waals surface area contributed by atoms with Crippen molar-refractivity contribution >= 4 is 29.2 Å². The van der Waals surface area contributed by atoms with Crippen molar-refractivity contribution in [2.45, 2.75) is 31.6 Å². The van der Waals surface area contributed by atoms with E-state index in [1.54, 1.807) is 30.1 Å². The number of hydrogen-bond donors (Lipinski definition) is 1. The second-order valence-corrected chi connectivity index (χ2v) is 6.37. The van der Waals surface area contributed by atoms with Gasteiger partial charge in [0.1, 0.15) is 17.5 Å².